The fraction of sp³-hybridized carbons (Fsp3) is 0.562. The van der Waals surface area contributed by atoms with E-state index in [1.807, 2.05) is 39.0 Å². The van der Waals surface area contributed by atoms with Crippen LogP contribution in [0.15, 0.2) is 18.2 Å². The molecule has 0 N–H and O–H groups in total. The van der Waals surface area contributed by atoms with Gasteiger partial charge in [0.1, 0.15) is 11.3 Å². The topological polar surface area (TPSA) is 35.5 Å². The maximum atomic E-state index is 12.1. The molecule has 0 aliphatic carbocycles. The molecule has 0 heterocycles. The molecule has 19 heavy (non-hydrogen) atoms. The molecule has 0 atom stereocenters. The van der Waals surface area contributed by atoms with Crippen LogP contribution in [0.3, 0.4) is 0 Å². The largest absolute Gasteiger partial charge is 0.493 e. The maximum absolute atomic E-state index is 12.1. The molecule has 3 heteroatoms. The average molecular weight is 264 g/mol. The van der Waals surface area contributed by atoms with E-state index in [-0.39, 0.29) is 17.5 Å². The summed E-state index contributed by atoms with van der Waals surface area (Å²) in [7, 11) is 0. The number of rotatable bonds is 4. The van der Waals surface area contributed by atoms with Gasteiger partial charge in [-0.25, -0.2) is 4.79 Å². The lowest BCUT2D eigenvalue weighted by Gasteiger charge is -2.21. The normalized spacial score (nSPS) is 11.5. The molecule has 3 nitrogen and oxygen atoms in total. The molecule has 0 saturated carbocycles. The molecule has 0 aliphatic rings. The van der Waals surface area contributed by atoms with Crippen LogP contribution in [0, 0.1) is 0 Å². The third-order valence-electron chi connectivity index (χ3n) is 2.71. The zero-order valence-electron chi connectivity index (χ0n) is 12.7. The second-order valence-electron chi connectivity index (χ2n) is 5.85. The maximum Gasteiger partial charge on any atom is 0.342 e. The Morgan fingerprint density at radius 3 is 2.37 bits per heavy atom. The van der Waals surface area contributed by atoms with E-state index in [1.165, 1.54) is 0 Å². The second kappa shape index (κ2) is 6.09. The van der Waals surface area contributed by atoms with Gasteiger partial charge in [-0.1, -0.05) is 26.8 Å². The van der Waals surface area contributed by atoms with E-state index in [1.54, 1.807) is 0 Å². The molecule has 0 spiro atoms. The van der Waals surface area contributed by atoms with Crippen LogP contribution in [0.4, 0.5) is 0 Å². The third kappa shape index (κ3) is 4.27. The molecule has 1 rings (SSSR count). The lowest BCUT2D eigenvalue weighted by molar-refractivity contribution is 0.0373. The summed E-state index contributed by atoms with van der Waals surface area (Å²) in [5.41, 5.74) is 1.58. The van der Waals surface area contributed by atoms with Gasteiger partial charge in [-0.15, -0.1) is 0 Å². The first kappa shape index (κ1) is 15.5. The van der Waals surface area contributed by atoms with Gasteiger partial charge >= 0.3 is 5.97 Å². The Hall–Kier alpha value is -1.51. The van der Waals surface area contributed by atoms with Crippen molar-refractivity contribution in [2.75, 3.05) is 6.61 Å². The van der Waals surface area contributed by atoms with Crippen LogP contribution in [0.25, 0.3) is 0 Å². The Morgan fingerprint density at radius 2 is 1.89 bits per heavy atom. The van der Waals surface area contributed by atoms with Crippen molar-refractivity contribution < 1.29 is 14.3 Å². The SMILES string of the molecule is CCOc1ccc(C(C)(C)C)cc1C(=O)OC(C)C. The van der Waals surface area contributed by atoms with Crippen molar-refractivity contribution in [2.45, 2.75) is 53.1 Å². The third-order valence-corrected chi connectivity index (χ3v) is 2.71. The number of carbonyl (C=O) groups is 1. The van der Waals surface area contributed by atoms with Crippen molar-refractivity contribution in [1.29, 1.82) is 0 Å². The first-order valence-electron chi connectivity index (χ1n) is 6.74. The van der Waals surface area contributed by atoms with E-state index >= 15 is 0 Å². The van der Waals surface area contributed by atoms with Gasteiger partial charge in [0.15, 0.2) is 0 Å². The first-order valence-corrected chi connectivity index (χ1v) is 6.74. The van der Waals surface area contributed by atoms with Crippen LogP contribution >= 0.6 is 0 Å². The van der Waals surface area contributed by atoms with Crippen LogP contribution < -0.4 is 4.74 Å². The molecule has 0 unspecified atom stereocenters. The molecular formula is C16H24O3. The first-order chi connectivity index (χ1) is 8.75. The van der Waals surface area contributed by atoms with Crippen LogP contribution in [0.5, 0.6) is 5.75 Å². The number of esters is 1. The smallest absolute Gasteiger partial charge is 0.342 e. The predicted octanol–water partition coefficient (Wildman–Crippen LogP) is 3.95. The Bertz CT molecular complexity index is 442. The van der Waals surface area contributed by atoms with Crippen molar-refractivity contribution in [3.63, 3.8) is 0 Å². The Labute approximate surface area is 115 Å². The highest BCUT2D eigenvalue weighted by atomic mass is 16.5. The molecule has 1 aromatic rings. The standard InChI is InChI=1S/C16H24O3/c1-7-18-14-9-8-12(16(4,5)6)10-13(14)15(17)19-11(2)3/h8-11H,7H2,1-6H3. The van der Waals surface area contributed by atoms with E-state index in [0.29, 0.717) is 17.9 Å². The minimum atomic E-state index is -0.329. The van der Waals surface area contributed by atoms with E-state index in [9.17, 15) is 4.79 Å². The van der Waals surface area contributed by atoms with Gasteiger partial charge in [0.25, 0.3) is 0 Å². The minimum Gasteiger partial charge on any atom is -0.493 e. The molecule has 106 valence electrons. The molecule has 0 radical (unpaired) electrons. The quantitative estimate of drug-likeness (QED) is 0.772. The summed E-state index contributed by atoms with van der Waals surface area (Å²) >= 11 is 0. The van der Waals surface area contributed by atoms with Crippen molar-refractivity contribution in [1.82, 2.24) is 0 Å². The van der Waals surface area contributed by atoms with Crippen LogP contribution in [-0.2, 0) is 10.2 Å². The van der Waals surface area contributed by atoms with E-state index < -0.39 is 0 Å². The molecule has 0 fully saturated rings. The highest BCUT2D eigenvalue weighted by molar-refractivity contribution is 5.93. The van der Waals surface area contributed by atoms with Gasteiger partial charge in [0.05, 0.1) is 12.7 Å². The van der Waals surface area contributed by atoms with E-state index in [4.69, 9.17) is 9.47 Å². The van der Waals surface area contributed by atoms with Crippen molar-refractivity contribution >= 4 is 5.97 Å². The fourth-order valence-corrected chi connectivity index (χ4v) is 1.71. The van der Waals surface area contributed by atoms with Crippen LogP contribution in [0.2, 0.25) is 0 Å². The molecule has 0 aliphatic heterocycles. The Morgan fingerprint density at radius 1 is 1.26 bits per heavy atom. The number of benzene rings is 1. The summed E-state index contributed by atoms with van der Waals surface area (Å²) in [4.78, 5) is 12.1. The predicted molar refractivity (Wildman–Crippen MR) is 76.9 cm³/mol. The monoisotopic (exact) mass is 264 g/mol. The average Bonchev–Trinajstić information content (AvgIpc) is 2.27. The van der Waals surface area contributed by atoms with Crippen LogP contribution in [-0.4, -0.2) is 18.7 Å². The fourth-order valence-electron chi connectivity index (χ4n) is 1.71. The highest BCUT2D eigenvalue weighted by Gasteiger charge is 2.20. The number of carbonyl (C=O) groups excluding carboxylic acids is 1. The summed E-state index contributed by atoms with van der Waals surface area (Å²) in [6.45, 7) is 12.4. The van der Waals surface area contributed by atoms with Gasteiger partial charge in [0, 0.05) is 0 Å². The number of hydrogen-bond acceptors (Lipinski definition) is 3. The van der Waals surface area contributed by atoms with Gasteiger partial charge in [-0.3, -0.25) is 0 Å². The summed E-state index contributed by atoms with van der Waals surface area (Å²) in [6.07, 6.45) is -0.139. The molecule has 0 aromatic heterocycles. The molecular weight excluding hydrogens is 240 g/mol. The zero-order chi connectivity index (χ0) is 14.6. The number of ether oxygens (including phenoxy) is 2. The minimum absolute atomic E-state index is 0.0163. The Kier molecular flexibility index (Phi) is 4.98. The molecule has 0 saturated heterocycles. The Balaban J connectivity index is 3.19. The summed E-state index contributed by atoms with van der Waals surface area (Å²) in [5, 5.41) is 0. The van der Waals surface area contributed by atoms with E-state index in [2.05, 4.69) is 20.8 Å². The summed E-state index contributed by atoms with van der Waals surface area (Å²) in [6, 6.07) is 5.72. The van der Waals surface area contributed by atoms with Gasteiger partial charge < -0.3 is 9.47 Å². The summed E-state index contributed by atoms with van der Waals surface area (Å²) in [5.74, 6) is 0.255. The lowest BCUT2D eigenvalue weighted by atomic mass is 9.86. The molecule has 0 bridgehead atoms. The highest BCUT2D eigenvalue weighted by Crippen LogP contribution is 2.28. The second-order valence-corrected chi connectivity index (χ2v) is 5.85. The number of hydrogen-bond donors (Lipinski definition) is 0. The van der Waals surface area contributed by atoms with Crippen molar-refractivity contribution in [3.05, 3.63) is 29.3 Å². The van der Waals surface area contributed by atoms with Gasteiger partial charge in [-0.2, -0.15) is 0 Å². The van der Waals surface area contributed by atoms with Crippen molar-refractivity contribution in [2.24, 2.45) is 0 Å². The zero-order valence-corrected chi connectivity index (χ0v) is 12.7. The molecule has 1 aromatic carbocycles. The lowest BCUT2D eigenvalue weighted by Crippen LogP contribution is -2.16. The molecule has 0 amide bonds. The van der Waals surface area contributed by atoms with Gasteiger partial charge in [0.2, 0.25) is 0 Å². The van der Waals surface area contributed by atoms with Crippen molar-refractivity contribution in [3.8, 4) is 5.75 Å². The van der Waals surface area contributed by atoms with E-state index in [0.717, 1.165) is 5.56 Å². The summed E-state index contributed by atoms with van der Waals surface area (Å²) < 4.78 is 10.8. The van der Waals surface area contributed by atoms with Gasteiger partial charge in [-0.05, 0) is 43.9 Å². The van der Waals surface area contributed by atoms with Crippen LogP contribution in [0.1, 0.15) is 57.5 Å².